The quantitative estimate of drug-likeness (QED) is 0.194. The SMILES string of the molecule is CCCCO[Si](OCCCC)(OCCCC)OCCCOCC1CO1. The third-order valence-electron chi connectivity index (χ3n) is 3.75. The van der Waals surface area contributed by atoms with Gasteiger partial charge in [-0.25, -0.2) is 0 Å². The normalized spacial score (nSPS) is 17.2. The Balaban J connectivity index is 2.40. The van der Waals surface area contributed by atoms with E-state index in [2.05, 4.69) is 20.8 Å². The summed E-state index contributed by atoms with van der Waals surface area (Å²) in [5, 5.41) is 0. The molecule has 7 heteroatoms. The zero-order valence-electron chi connectivity index (χ0n) is 16.4. The first-order chi connectivity index (χ1) is 12.3. The summed E-state index contributed by atoms with van der Waals surface area (Å²) >= 11 is 0. The van der Waals surface area contributed by atoms with E-state index in [-0.39, 0.29) is 0 Å². The molecule has 1 fully saturated rings. The molecule has 0 radical (unpaired) electrons. The molecule has 1 aliphatic heterocycles. The van der Waals surface area contributed by atoms with Crippen molar-refractivity contribution in [3.05, 3.63) is 0 Å². The Hall–Kier alpha value is -0.0231. The first-order valence-electron chi connectivity index (χ1n) is 10.0. The molecule has 0 amide bonds. The van der Waals surface area contributed by atoms with Gasteiger partial charge in [0.05, 0.1) is 13.2 Å². The molecule has 0 aliphatic carbocycles. The first kappa shape index (κ1) is 23.0. The minimum Gasteiger partial charge on any atom is -0.379 e. The lowest BCUT2D eigenvalue weighted by molar-refractivity contribution is -0.0395. The smallest absolute Gasteiger partial charge is 0.379 e. The second-order valence-electron chi connectivity index (χ2n) is 6.34. The standard InChI is InChI=1S/C18H38O6Si/c1-4-7-12-21-25(22-13-8-5-2,23-14-9-6-3)24-15-10-11-19-16-18-17-20-18/h18H,4-17H2,1-3H3. The van der Waals surface area contributed by atoms with Crippen molar-refractivity contribution >= 4 is 9.05 Å². The molecule has 0 aromatic rings. The molecule has 1 unspecified atom stereocenters. The highest BCUT2D eigenvalue weighted by molar-refractivity contribution is 6.53. The lowest BCUT2D eigenvalue weighted by Crippen LogP contribution is -2.50. The maximum Gasteiger partial charge on any atom is 0.679 e. The summed E-state index contributed by atoms with van der Waals surface area (Å²) in [6, 6.07) is 0. The summed E-state index contributed by atoms with van der Waals surface area (Å²) in [5.41, 5.74) is 0. The summed E-state index contributed by atoms with van der Waals surface area (Å²) in [7, 11) is -3.06. The van der Waals surface area contributed by atoms with Gasteiger partial charge < -0.3 is 27.2 Å². The van der Waals surface area contributed by atoms with Crippen molar-refractivity contribution in [3.8, 4) is 0 Å². The van der Waals surface area contributed by atoms with Crippen LogP contribution < -0.4 is 0 Å². The highest BCUT2D eigenvalue weighted by Crippen LogP contribution is 2.16. The molecule has 1 heterocycles. The van der Waals surface area contributed by atoms with E-state index >= 15 is 0 Å². The average Bonchev–Trinajstić information content (AvgIpc) is 3.43. The minimum absolute atomic E-state index is 0.307. The third kappa shape index (κ3) is 12.1. The monoisotopic (exact) mass is 378 g/mol. The first-order valence-corrected chi connectivity index (χ1v) is 11.6. The van der Waals surface area contributed by atoms with Crippen LogP contribution in [0.15, 0.2) is 0 Å². The summed E-state index contributed by atoms with van der Waals surface area (Å²) in [6.07, 6.45) is 7.28. The Labute approximate surface area is 154 Å². The van der Waals surface area contributed by atoms with Crippen LogP contribution in [-0.4, -0.2) is 61.4 Å². The molecule has 0 saturated carbocycles. The summed E-state index contributed by atoms with van der Waals surface area (Å²) < 4.78 is 34.8. The van der Waals surface area contributed by atoms with Crippen molar-refractivity contribution in [3.63, 3.8) is 0 Å². The minimum atomic E-state index is -3.06. The predicted octanol–water partition coefficient (Wildman–Crippen LogP) is 3.69. The molecule has 6 nitrogen and oxygen atoms in total. The Bertz CT molecular complexity index is 275. The Kier molecular flexibility index (Phi) is 13.9. The highest BCUT2D eigenvalue weighted by atomic mass is 28.4. The second-order valence-corrected chi connectivity index (χ2v) is 8.49. The van der Waals surface area contributed by atoms with Crippen LogP contribution in [0.2, 0.25) is 0 Å². The summed E-state index contributed by atoms with van der Waals surface area (Å²) in [6.45, 7) is 11.0. The van der Waals surface area contributed by atoms with Crippen molar-refractivity contribution < 1.29 is 27.2 Å². The molecule has 1 rings (SSSR count). The van der Waals surface area contributed by atoms with Gasteiger partial charge in [-0.3, -0.25) is 0 Å². The number of hydrogen-bond donors (Lipinski definition) is 0. The van der Waals surface area contributed by atoms with E-state index in [1.54, 1.807) is 0 Å². The molecule has 1 atom stereocenters. The van der Waals surface area contributed by atoms with Gasteiger partial charge in [0, 0.05) is 33.0 Å². The molecule has 150 valence electrons. The van der Waals surface area contributed by atoms with Crippen LogP contribution in [0.5, 0.6) is 0 Å². The zero-order chi connectivity index (χ0) is 18.2. The van der Waals surface area contributed by atoms with Gasteiger partial charge in [-0.2, -0.15) is 0 Å². The molecule has 25 heavy (non-hydrogen) atoms. The van der Waals surface area contributed by atoms with E-state index in [4.69, 9.17) is 27.2 Å². The number of rotatable bonds is 19. The fourth-order valence-electron chi connectivity index (χ4n) is 2.01. The van der Waals surface area contributed by atoms with Crippen molar-refractivity contribution in [2.24, 2.45) is 0 Å². The van der Waals surface area contributed by atoms with E-state index in [1.165, 1.54) is 0 Å². The van der Waals surface area contributed by atoms with Crippen LogP contribution in [0.1, 0.15) is 65.7 Å². The van der Waals surface area contributed by atoms with Gasteiger partial charge in [0.25, 0.3) is 0 Å². The fraction of sp³-hybridized carbons (Fsp3) is 1.00. The molecule has 1 saturated heterocycles. The average molecular weight is 379 g/mol. The van der Waals surface area contributed by atoms with Gasteiger partial charge >= 0.3 is 9.05 Å². The van der Waals surface area contributed by atoms with Gasteiger partial charge in [0.15, 0.2) is 0 Å². The summed E-state index contributed by atoms with van der Waals surface area (Å²) in [4.78, 5) is 0. The fourth-order valence-corrected chi connectivity index (χ4v) is 4.09. The lowest BCUT2D eigenvalue weighted by Gasteiger charge is -2.28. The van der Waals surface area contributed by atoms with Crippen LogP contribution in [-0.2, 0) is 27.2 Å². The molecule has 0 bridgehead atoms. The van der Waals surface area contributed by atoms with Crippen LogP contribution in [0.4, 0.5) is 0 Å². The molecule has 0 spiro atoms. The number of unbranched alkanes of at least 4 members (excludes halogenated alkanes) is 3. The van der Waals surface area contributed by atoms with E-state index in [9.17, 15) is 0 Å². The van der Waals surface area contributed by atoms with E-state index in [1.807, 2.05) is 0 Å². The van der Waals surface area contributed by atoms with Gasteiger partial charge in [-0.05, 0) is 25.7 Å². The molecule has 1 aliphatic rings. The van der Waals surface area contributed by atoms with E-state index in [0.717, 1.165) is 51.6 Å². The van der Waals surface area contributed by atoms with Crippen LogP contribution in [0.3, 0.4) is 0 Å². The summed E-state index contributed by atoms with van der Waals surface area (Å²) in [5.74, 6) is 0. The Morgan fingerprint density at radius 2 is 1.16 bits per heavy atom. The Morgan fingerprint density at radius 1 is 0.720 bits per heavy atom. The number of hydrogen-bond acceptors (Lipinski definition) is 6. The lowest BCUT2D eigenvalue weighted by atomic mass is 10.4. The molecule has 0 aromatic carbocycles. The van der Waals surface area contributed by atoms with Gasteiger partial charge in [0.1, 0.15) is 6.10 Å². The van der Waals surface area contributed by atoms with Crippen molar-refractivity contribution in [2.45, 2.75) is 71.8 Å². The van der Waals surface area contributed by atoms with Gasteiger partial charge in [-0.1, -0.05) is 40.0 Å². The molecular weight excluding hydrogens is 340 g/mol. The largest absolute Gasteiger partial charge is 0.679 e. The van der Waals surface area contributed by atoms with Gasteiger partial charge in [-0.15, -0.1) is 0 Å². The predicted molar refractivity (Wildman–Crippen MR) is 99.5 cm³/mol. The maximum atomic E-state index is 6.05. The maximum absolute atomic E-state index is 6.05. The molecule has 0 N–H and O–H groups in total. The van der Waals surface area contributed by atoms with Gasteiger partial charge in [0.2, 0.25) is 0 Å². The van der Waals surface area contributed by atoms with Crippen LogP contribution in [0, 0.1) is 0 Å². The van der Waals surface area contributed by atoms with Crippen molar-refractivity contribution in [1.82, 2.24) is 0 Å². The molecule has 0 aromatic heterocycles. The van der Waals surface area contributed by atoms with Crippen molar-refractivity contribution in [2.75, 3.05) is 46.2 Å². The van der Waals surface area contributed by atoms with Crippen LogP contribution >= 0.6 is 0 Å². The number of ether oxygens (including phenoxy) is 2. The van der Waals surface area contributed by atoms with E-state index < -0.39 is 9.05 Å². The molecular formula is C18H38O6Si. The highest BCUT2D eigenvalue weighted by Gasteiger charge is 2.45. The van der Waals surface area contributed by atoms with Crippen LogP contribution in [0.25, 0.3) is 0 Å². The van der Waals surface area contributed by atoms with Crippen molar-refractivity contribution in [1.29, 1.82) is 0 Å². The third-order valence-corrected chi connectivity index (χ3v) is 5.98. The zero-order valence-corrected chi connectivity index (χ0v) is 17.4. The van der Waals surface area contributed by atoms with E-state index in [0.29, 0.717) is 45.7 Å². The Morgan fingerprint density at radius 3 is 1.56 bits per heavy atom. The topological polar surface area (TPSA) is 58.7 Å². The second kappa shape index (κ2) is 15.1. The number of epoxide rings is 1.